The van der Waals surface area contributed by atoms with Crippen molar-refractivity contribution in [3.05, 3.63) is 52.8 Å². The van der Waals surface area contributed by atoms with Gasteiger partial charge in [0.15, 0.2) is 0 Å². The van der Waals surface area contributed by atoms with Crippen molar-refractivity contribution < 1.29 is 31.1 Å². The average molecular weight is 478 g/mol. The smallest absolute Gasteiger partial charge is 0.372 e. The first-order valence-electron chi connectivity index (χ1n) is 9.17. The van der Waals surface area contributed by atoms with Crippen molar-refractivity contribution in [3.63, 3.8) is 0 Å². The van der Waals surface area contributed by atoms with E-state index in [-0.39, 0.29) is 27.8 Å². The van der Waals surface area contributed by atoms with E-state index in [4.69, 9.17) is 16.3 Å². The molecule has 0 bridgehead atoms. The second kappa shape index (κ2) is 8.64. The maximum atomic E-state index is 13.3. The monoisotopic (exact) mass is 477 g/mol. The quantitative estimate of drug-likeness (QED) is 0.725. The zero-order valence-electron chi connectivity index (χ0n) is 16.5. The number of hydrogen-bond donors (Lipinski definition) is 1. The van der Waals surface area contributed by atoms with Crippen LogP contribution < -0.4 is 9.62 Å². The Kier molecular flexibility index (Phi) is 6.49. The number of amides is 1. The minimum absolute atomic E-state index is 0.175. The molecule has 2 atom stereocenters. The summed E-state index contributed by atoms with van der Waals surface area (Å²) in [6, 6.07) is 3.93. The first-order valence-corrected chi connectivity index (χ1v) is 11.0. The molecule has 1 fully saturated rings. The molecular weight excluding hydrogens is 459 g/mol. The molecule has 2 unspecified atom stereocenters. The van der Waals surface area contributed by atoms with Crippen LogP contribution in [-0.2, 0) is 20.9 Å². The maximum Gasteiger partial charge on any atom is 0.417 e. The second-order valence-corrected chi connectivity index (χ2v) is 9.22. The molecule has 0 saturated carbocycles. The van der Waals surface area contributed by atoms with Gasteiger partial charge in [0.05, 0.1) is 29.0 Å². The number of carbonyl (C=O) groups excluding carboxylic acids is 1. The third-order valence-electron chi connectivity index (χ3n) is 4.57. The molecule has 7 nitrogen and oxygen atoms in total. The van der Waals surface area contributed by atoms with Gasteiger partial charge in [-0.2, -0.15) is 13.2 Å². The molecule has 2 aromatic rings. The second-order valence-electron chi connectivity index (χ2n) is 7.13. The van der Waals surface area contributed by atoms with E-state index in [1.807, 2.05) is 13.8 Å². The molecule has 2 heterocycles. The fourth-order valence-corrected chi connectivity index (χ4v) is 4.70. The van der Waals surface area contributed by atoms with Crippen LogP contribution in [0.5, 0.6) is 0 Å². The van der Waals surface area contributed by atoms with Crippen LogP contribution in [0.4, 0.5) is 18.9 Å². The number of carbonyl (C=O) groups is 1. The molecule has 1 saturated heterocycles. The number of morpholine rings is 1. The molecule has 0 radical (unpaired) electrons. The van der Waals surface area contributed by atoms with Crippen LogP contribution in [0.2, 0.25) is 5.02 Å². The zero-order chi connectivity index (χ0) is 23.0. The Morgan fingerprint density at radius 3 is 2.48 bits per heavy atom. The summed E-state index contributed by atoms with van der Waals surface area (Å²) in [7, 11) is -4.54. The number of rotatable bonds is 4. The highest BCUT2D eigenvalue weighted by Crippen LogP contribution is 2.34. The predicted octanol–water partition coefficient (Wildman–Crippen LogP) is 3.49. The summed E-state index contributed by atoms with van der Waals surface area (Å²) in [5.74, 6) is -1.43. The fourth-order valence-electron chi connectivity index (χ4n) is 3.40. The van der Waals surface area contributed by atoms with E-state index in [0.29, 0.717) is 19.2 Å². The molecule has 1 aliphatic rings. The van der Waals surface area contributed by atoms with Crippen LogP contribution in [0.15, 0.2) is 41.6 Å². The molecule has 31 heavy (non-hydrogen) atoms. The van der Waals surface area contributed by atoms with Gasteiger partial charge in [0.25, 0.3) is 15.9 Å². The average Bonchev–Trinajstić information content (AvgIpc) is 2.66. The van der Waals surface area contributed by atoms with Crippen LogP contribution in [0.1, 0.15) is 29.8 Å². The highest BCUT2D eigenvalue weighted by atomic mass is 35.5. The SMILES string of the molecule is CC1CN(c2ccncc2S(=O)(=O)NC(=O)c2ccc(Cl)cc2C(F)(F)F)CC(C)O1. The van der Waals surface area contributed by atoms with Crippen LogP contribution in [-0.4, -0.2) is 44.6 Å². The van der Waals surface area contributed by atoms with Gasteiger partial charge < -0.3 is 9.64 Å². The van der Waals surface area contributed by atoms with Gasteiger partial charge in [-0.25, -0.2) is 13.1 Å². The Morgan fingerprint density at radius 1 is 1.23 bits per heavy atom. The highest BCUT2D eigenvalue weighted by molar-refractivity contribution is 7.90. The van der Waals surface area contributed by atoms with E-state index in [2.05, 4.69) is 4.98 Å². The lowest BCUT2D eigenvalue weighted by Gasteiger charge is -2.37. The molecule has 3 rings (SSSR count). The Morgan fingerprint density at radius 2 is 1.87 bits per heavy atom. The molecule has 1 aromatic heterocycles. The first kappa shape index (κ1) is 23.3. The van der Waals surface area contributed by atoms with Crippen molar-refractivity contribution in [2.75, 3.05) is 18.0 Å². The molecule has 1 aliphatic heterocycles. The van der Waals surface area contributed by atoms with E-state index in [1.54, 1.807) is 9.62 Å². The third kappa shape index (κ3) is 5.28. The standard InChI is InChI=1S/C19H19ClF3N3O4S/c1-11-9-26(10-12(2)30-11)16-5-6-24-8-17(16)31(28,29)25-18(27)14-4-3-13(20)7-15(14)19(21,22)23/h3-8,11-12H,9-10H2,1-2H3,(H,25,27). The Hall–Kier alpha value is -2.37. The Bertz CT molecular complexity index is 1090. The number of alkyl halides is 3. The van der Waals surface area contributed by atoms with Crippen LogP contribution >= 0.6 is 11.6 Å². The number of hydrogen-bond acceptors (Lipinski definition) is 6. The summed E-state index contributed by atoms with van der Waals surface area (Å²) < 4.78 is 73.2. The lowest BCUT2D eigenvalue weighted by molar-refractivity contribution is -0.137. The normalized spacial score (nSPS) is 19.9. The summed E-state index contributed by atoms with van der Waals surface area (Å²) >= 11 is 5.61. The Labute approximate surface area is 182 Å². The first-order chi connectivity index (χ1) is 14.4. The number of pyridine rings is 1. The van der Waals surface area contributed by atoms with Gasteiger partial charge in [0.2, 0.25) is 0 Å². The maximum absolute atomic E-state index is 13.3. The topological polar surface area (TPSA) is 88.6 Å². The highest BCUT2D eigenvalue weighted by Gasteiger charge is 2.37. The molecule has 1 amide bonds. The molecule has 0 aliphatic carbocycles. The number of ether oxygens (including phenoxy) is 1. The van der Waals surface area contributed by atoms with Crippen molar-refractivity contribution in [1.82, 2.24) is 9.71 Å². The largest absolute Gasteiger partial charge is 0.417 e. The van der Waals surface area contributed by atoms with E-state index >= 15 is 0 Å². The van der Waals surface area contributed by atoms with Gasteiger partial charge in [-0.05, 0) is 38.1 Å². The van der Waals surface area contributed by atoms with Gasteiger partial charge in [-0.15, -0.1) is 0 Å². The summed E-state index contributed by atoms with van der Waals surface area (Å²) in [6.07, 6.45) is -2.82. The Balaban J connectivity index is 1.95. The number of anilines is 1. The van der Waals surface area contributed by atoms with Crippen molar-refractivity contribution in [2.45, 2.75) is 37.1 Å². The summed E-state index contributed by atoms with van der Waals surface area (Å²) in [6.45, 7) is 4.44. The summed E-state index contributed by atoms with van der Waals surface area (Å²) in [4.78, 5) is 17.8. The molecule has 0 spiro atoms. The van der Waals surface area contributed by atoms with Crippen molar-refractivity contribution in [3.8, 4) is 0 Å². The number of nitrogens with one attached hydrogen (secondary N) is 1. The van der Waals surface area contributed by atoms with Crippen molar-refractivity contribution >= 4 is 33.2 Å². The van der Waals surface area contributed by atoms with Crippen LogP contribution in [0.3, 0.4) is 0 Å². The van der Waals surface area contributed by atoms with Crippen molar-refractivity contribution in [1.29, 1.82) is 0 Å². The van der Waals surface area contributed by atoms with Gasteiger partial charge in [-0.1, -0.05) is 11.6 Å². The molecule has 12 heteroatoms. The van der Waals surface area contributed by atoms with E-state index in [9.17, 15) is 26.4 Å². The zero-order valence-corrected chi connectivity index (χ0v) is 18.1. The van der Waals surface area contributed by atoms with Crippen LogP contribution in [0, 0.1) is 0 Å². The molecule has 168 valence electrons. The molecule has 1 N–H and O–H groups in total. The lowest BCUT2D eigenvalue weighted by Crippen LogP contribution is -2.46. The van der Waals surface area contributed by atoms with Crippen molar-refractivity contribution in [2.24, 2.45) is 0 Å². The van der Waals surface area contributed by atoms with Gasteiger partial charge in [0, 0.05) is 30.5 Å². The number of sulfonamides is 1. The summed E-state index contributed by atoms with van der Waals surface area (Å²) in [5.41, 5.74) is -1.93. The minimum Gasteiger partial charge on any atom is -0.372 e. The number of nitrogens with zero attached hydrogens (tertiary/aromatic N) is 2. The summed E-state index contributed by atoms with van der Waals surface area (Å²) in [5, 5.41) is -0.239. The van der Waals surface area contributed by atoms with E-state index in [0.717, 1.165) is 18.3 Å². The fraction of sp³-hybridized carbons (Fsp3) is 0.368. The van der Waals surface area contributed by atoms with Gasteiger partial charge in [0.1, 0.15) is 4.90 Å². The minimum atomic E-state index is -4.90. The molecule has 1 aromatic carbocycles. The number of aromatic nitrogens is 1. The predicted molar refractivity (Wildman–Crippen MR) is 108 cm³/mol. The van der Waals surface area contributed by atoms with Gasteiger partial charge >= 0.3 is 6.18 Å². The lowest BCUT2D eigenvalue weighted by atomic mass is 10.1. The molecular formula is C19H19ClF3N3O4S. The van der Waals surface area contributed by atoms with Gasteiger partial charge in [-0.3, -0.25) is 9.78 Å². The number of benzene rings is 1. The van der Waals surface area contributed by atoms with E-state index in [1.165, 1.54) is 12.3 Å². The third-order valence-corrected chi connectivity index (χ3v) is 6.15. The van der Waals surface area contributed by atoms with E-state index < -0.39 is 33.2 Å². The number of halogens is 4. The van der Waals surface area contributed by atoms with Crippen LogP contribution in [0.25, 0.3) is 0 Å².